The molecule has 0 spiro atoms. The molecule has 1 fully saturated rings. The highest BCUT2D eigenvalue weighted by atomic mass is 15.2. The molecular formula is C17H22N8. The van der Waals surface area contributed by atoms with Crippen LogP contribution >= 0.6 is 0 Å². The quantitative estimate of drug-likeness (QED) is 0.726. The van der Waals surface area contributed by atoms with Crippen molar-refractivity contribution in [1.82, 2.24) is 34.9 Å². The second kappa shape index (κ2) is 6.73. The highest BCUT2D eigenvalue weighted by Gasteiger charge is 2.19. The van der Waals surface area contributed by atoms with Crippen molar-refractivity contribution in [1.29, 1.82) is 0 Å². The summed E-state index contributed by atoms with van der Waals surface area (Å²) in [7, 11) is 4.06. The Kier molecular flexibility index (Phi) is 4.29. The van der Waals surface area contributed by atoms with Crippen molar-refractivity contribution in [2.45, 2.75) is 6.04 Å². The second-order valence-corrected chi connectivity index (χ2v) is 6.40. The summed E-state index contributed by atoms with van der Waals surface area (Å²) in [6.07, 6.45) is 7.17. The van der Waals surface area contributed by atoms with Crippen LogP contribution in [0.4, 0.5) is 5.82 Å². The average molecular weight is 338 g/mol. The molecule has 0 aliphatic carbocycles. The first-order chi connectivity index (χ1) is 12.2. The molecule has 8 heteroatoms. The van der Waals surface area contributed by atoms with Gasteiger partial charge in [0.1, 0.15) is 5.52 Å². The molecule has 4 rings (SSSR count). The molecular weight excluding hydrogens is 316 g/mol. The Labute approximate surface area is 146 Å². The van der Waals surface area contributed by atoms with Crippen molar-refractivity contribution in [3.63, 3.8) is 0 Å². The minimum Gasteiger partial charge on any atom is -0.367 e. The molecule has 0 radical (unpaired) electrons. The van der Waals surface area contributed by atoms with Gasteiger partial charge in [0.25, 0.3) is 0 Å². The molecule has 4 heterocycles. The predicted molar refractivity (Wildman–Crippen MR) is 97.3 cm³/mol. The summed E-state index contributed by atoms with van der Waals surface area (Å²) in [5, 5.41) is 11.2. The number of rotatable bonds is 4. The van der Waals surface area contributed by atoms with E-state index in [0.717, 1.165) is 54.3 Å². The molecule has 1 atom stereocenters. The van der Waals surface area contributed by atoms with Crippen LogP contribution in [0.2, 0.25) is 0 Å². The van der Waals surface area contributed by atoms with Crippen molar-refractivity contribution >= 4 is 16.9 Å². The summed E-state index contributed by atoms with van der Waals surface area (Å²) < 4.78 is 1.77. The Balaban J connectivity index is 1.66. The lowest BCUT2D eigenvalue weighted by molar-refractivity contribution is 0.209. The Hall–Kier alpha value is -2.58. The van der Waals surface area contributed by atoms with Gasteiger partial charge in [0.05, 0.1) is 17.4 Å². The van der Waals surface area contributed by atoms with E-state index >= 15 is 0 Å². The number of nitrogens with one attached hydrogen (secondary N) is 2. The van der Waals surface area contributed by atoms with E-state index in [1.54, 1.807) is 17.1 Å². The Bertz CT molecular complexity index is 874. The van der Waals surface area contributed by atoms with Crippen LogP contribution in [0.5, 0.6) is 0 Å². The van der Waals surface area contributed by atoms with Crippen LogP contribution < -0.4 is 10.6 Å². The van der Waals surface area contributed by atoms with Gasteiger partial charge in [-0.2, -0.15) is 5.10 Å². The smallest absolute Gasteiger partial charge is 0.154 e. The minimum atomic E-state index is 0.421. The zero-order valence-electron chi connectivity index (χ0n) is 14.5. The summed E-state index contributed by atoms with van der Waals surface area (Å²) in [5.74, 6) is 0.767. The number of aryl methyl sites for hydroxylation is 1. The number of fused-ring (bicyclic) bond motifs is 1. The number of hydrogen-bond donors (Lipinski definition) is 2. The maximum Gasteiger partial charge on any atom is 0.154 e. The molecule has 0 unspecified atom stereocenters. The van der Waals surface area contributed by atoms with E-state index in [1.165, 1.54) is 0 Å². The van der Waals surface area contributed by atoms with E-state index in [2.05, 4.69) is 37.6 Å². The van der Waals surface area contributed by atoms with Gasteiger partial charge in [-0.05, 0) is 13.1 Å². The lowest BCUT2D eigenvalue weighted by Gasteiger charge is -2.33. The van der Waals surface area contributed by atoms with Crippen molar-refractivity contribution < 1.29 is 0 Å². The molecule has 0 aromatic carbocycles. The number of piperazine rings is 1. The number of anilines is 1. The Morgan fingerprint density at radius 3 is 2.96 bits per heavy atom. The first-order valence-corrected chi connectivity index (χ1v) is 8.46. The Morgan fingerprint density at radius 1 is 1.28 bits per heavy atom. The number of pyridine rings is 1. The fourth-order valence-electron chi connectivity index (χ4n) is 3.10. The van der Waals surface area contributed by atoms with Gasteiger partial charge in [-0.25, -0.2) is 9.97 Å². The standard InChI is InChI=1S/C17H22N8/c1-24-6-5-18-9-13(24)10-21-17-16-15(19-3-4-20-16)7-14(23-17)12-8-22-25(2)11-12/h3-4,7-8,11,13,18H,5-6,9-10H2,1-2H3,(H,21,23)/t13-/m0/s1. The van der Waals surface area contributed by atoms with Gasteiger partial charge >= 0.3 is 0 Å². The van der Waals surface area contributed by atoms with Crippen LogP contribution in [0.1, 0.15) is 0 Å². The van der Waals surface area contributed by atoms with Gasteiger partial charge in [0.15, 0.2) is 5.82 Å². The molecule has 0 saturated carbocycles. The van der Waals surface area contributed by atoms with E-state index in [9.17, 15) is 0 Å². The zero-order chi connectivity index (χ0) is 17.2. The van der Waals surface area contributed by atoms with E-state index in [-0.39, 0.29) is 0 Å². The fourth-order valence-corrected chi connectivity index (χ4v) is 3.10. The number of hydrogen-bond acceptors (Lipinski definition) is 7. The number of nitrogens with zero attached hydrogens (tertiary/aromatic N) is 6. The monoisotopic (exact) mass is 338 g/mol. The summed E-state index contributed by atoms with van der Waals surface area (Å²) in [6, 6.07) is 2.38. The van der Waals surface area contributed by atoms with Crippen molar-refractivity contribution in [2.24, 2.45) is 7.05 Å². The molecule has 25 heavy (non-hydrogen) atoms. The third-order valence-corrected chi connectivity index (χ3v) is 4.61. The molecule has 3 aromatic heterocycles. The third kappa shape index (κ3) is 3.31. The van der Waals surface area contributed by atoms with Crippen LogP contribution in [0.25, 0.3) is 22.3 Å². The maximum absolute atomic E-state index is 4.79. The van der Waals surface area contributed by atoms with Crippen LogP contribution in [-0.4, -0.2) is 68.9 Å². The summed E-state index contributed by atoms with van der Waals surface area (Å²) >= 11 is 0. The molecule has 3 aromatic rings. The maximum atomic E-state index is 4.79. The molecule has 1 saturated heterocycles. The van der Waals surface area contributed by atoms with Gasteiger partial charge in [0.2, 0.25) is 0 Å². The van der Waals surface area contributed by atoms with E-state index < -0.39 is 0 Å². The predicted octanol–water partition coefficient (Wildman–Crippen LogP) is 0.741. The van der Waals surface area contributed by atoms with E-state index in [1.807, 2.05) is 25.5 Å². The molecule has 8 nitrogen and oxygen atoms in total. The van der Waals surface area contributed by atoms with Crippen LogP contribution in [0, 0.1) is 0 Å². The SMILES string of the molecule is CN1CCNC[C@H]1CNc1nc(-c2cnn(C)c2)cc2nccnc12. The van der Waals surface area contributed by atoms with Crippen LogP contribution in [0.15, 0.2) is 30.9 Å². The fraction of sp³-hybridized carbons (Fsp3) is 0.412. The Morgan fingerprint density at radius 2 is 2.16 bits per heavy atom. The molecule has 1 aliphatic heterocycles. The van der Waals surface area contributed by atoms with E-state index in [4.69, 9.17) is 4.98 Å². The van der Waals surface area contributed by atoms with Crippen molar-refractivity contribution in [3.05, 3.63) is 30.9 Å². The molecule has 130 valence electrons. The number of aromatic nitrogens is 5. The van der Waals surface area contributed by atoms with E-state index in [0.29, 0.717) is 6.04 Å². The molecule has 0 bridgehead atoms. The lowest BCUT2D eigenvalue weighted by Crippen LogP contribution is -2.52. The van der Waals surface area contributed by atoms with Crippen molar-refractivity contribution in [3.8, 4) is 11.3 Å². The summed E-state index contributed by atoms with van der Waals surface area (Å²) in [5.41, 5.74) is 3.43. The third-order valence-electron chi connectivity index (χ3n) is 4.61. The summed E-state index contributed by atoms with van der Waals surface area (Å²) in [6.45, 7) is 3.86. The zero-order valence-corrected chi connectivity index (χ0v) is 14.5. The van der Waals surface area contributed by atoms with Gasteiger partial charge in [0, 0.05) is 63.4 Å². The lowest BCUT2D eigenvalue weighted by atomic mass is 10.2. The first-order valence-electron chi connectivity index (χ1n) is 8.46. The highest BCUT2D eigenvalue weighted by Crippen LogP contribution is 2.25. The largest absolute Gasteiger partial charge is 0.367 e. The molecule has 0 amide bonds. The average Bonchev–Trinajstić information content (AvgIpc) is 3.07. The summed E-state index contributed by atoms with van der Waals surface area (Å²) in [4.78, 5) is 16.1. The topological polar surface area (TPSA) is 83.8 Å². The van der Waals surface area contributed by atoms with Gasteiger partial charge in [-0.15, -0.1) is 0 Å². The van der Waals surface area contributed by atoms with Crippen molar-refractivity contribution in [2.75, 3.05) is 38.5 Å². The molecule has 1 aliphatic rings. The van der Waals surface area contributed by atoms with Gasteiger partial charge in [-0.1, -0.05) is 0 Å². The van der Waals surface area contributed by atoms with Gasteiger partial charge in [-0.3, -0.25) is 14.6 Å². The first kappa shape index (κ1) is 15.9. The van der Waals surface area contributed by atoms with Crippen LogP contribution in [0.3, 0.4) is 0 Å². The second-order valence-electron chi connectivity index (χ2n) is 6.40. The van der Waals surface area contributed by atoms with Crippen LogP contribution in [-0.2, 0) is 7.05 Å². The minimum absolute atomic E-state index is 0.421. The molecule has 2 N–H and O–H groups in total. The number of likely N-dealkylation sites (N-methyl/N-ethyl adjacent to an activating group) is 1. The van der Waals surface area contributed by atoms with Gasteiger partial charge < -0.3 is 10.6 Å². The highest BCUT2D eigenvalue weighted by molar-refractivity contribution is 5.88. The normalized spacial score (nSPS) is 18.6.